The van der Waals surface area contributed by atoms with Crippen LogP contribution in [0.5, 0.6) is 0 Å². The second-order valence-corrected chi connectivity index (χ2v) is 12.0. The standard InChI is InChI=1S/C11H15BrCl2OSi/c1-16(2,3)11(6-15)7-4-8(12)10(14)5-9(7)13/h4-5,11,15H,6H2,1-3H3. The summed E-state index contributed by atoms with van der Waals surface area (Å²) in [5, 5.41) is 10.8. The third-order valence-electron chi connectivity index (χ3n) is 2.64. The van der Waals surface area contributed by atoms with Crippen LogP contribution in [0.25, 0.3) is 0 Å². The third-order valence-corrected chi connectivity index (χ3v) is 6.75. The number of rotatable bonds is 3. The van der Waals surface area contributed by atoms with Crippen molar-refractivity contribution in [3.8, 4) is 0 Å². The maximum atomic E-state index is 9.53. The number of hydrogen-bond acceptors (Lipinski definition) is 1. The first-order valence-electron chi connectivity index (χ1n) is 5.02. The molecule has 0 aliphatic carbocycles. The minimum atomic E-state index is -1.50. The van der Waals surface area contributed by atoms with Crippen molar-refractivity contribution in [2.45, 2.75) is 25.2 Å². The van der Waals surface area contributed by atoms with Crippen molar-refractivity contribution < 1.29 is 5.11 Å². The first kappa shape index (κ1) is 14.5. The highest BCUT2D eigenvalue weighted by atomic mass is 79.9. The largest absolute Gasteiger partial charge is 0.396 e. The Balaban J connectivity index is 3.26. The van der Waals surface area contributed by atoms with Gasteiger partial charge in [-0.15, -0.1) is 0 Å². The normalized spacial score (nSPS) is 13.9. The lowest BCUT2D eigenvalue weighted by Crippen LogP contribution is -2.33. The Labute approximate surface area is 116 Å². The van der Waals surface area contributed by atoms with E-state index in [1.165, 1.54) is 0 Å². The molecular weight excluding hydrogens is 327 g/mol. The zero-order valence-electron chi connectivity index (χ0n) is 9.52. The maximum absolute atomic E-state index is 9.53. The summed E-state index contributed by atoms with van der Waals surface area (Å²) in [7, 11) is -1.50. The van der Waals surface area contributed by atoms with Crippen LogP contribution in [0.3, 0.4) is 0 Å². The van der Waals surface area contributed by atoms with Crippen molar-refractivity contribution >= 4 is 47.2 Å². The summed E-state index contributed by atoms with van der Waals surface area (Å²) in [5.41, 5.74) is 1.12. The summed E-state index contributed by atoms with van der Waals surface area (Å²) in [5.74, 6) is 0. The highest BCUT2D eigenvalue weighted by molar-refractivity contribution is 9.10. The number of hydrogen-bond donors (Lipinski definition) is 1. The predicted octanol–water partition coefficient (Wildman–Crippen LogP) is 4.71. The summed E-state index contributed by atoms with van der Waals surface area (Å²) < 4.78 is 0.824. The molecule has 0 aliphatic heterocycles. The van der Waals surface area contributed by atoms with Gasteiger partial charge in [0.25, 0.3) is 0 Å². The van der Waals surface area contributed by atoms with Gasteiger partial charge in [-0.25, -0.2) is 0 Å². The van der Waals surface area contributed by atoms with Crippen molar-refractivity contribution in [3.63, 3.8) is 0 Å². The van der Waals surface area contributed by atoms with Gasteiger partial charge in [0.05, 0.1) is 13.1 Å². The van der Waals surface area contributed by atoms with Crippen LogP contribution in [-0.2, 0) is 0 Å². The Morgan fingerprint density at radius 3 is 2.25 bits per heavy atom. The molecular formula is C11H15BrCl2OSi. The SMILES string of the molecule is C[Si](C)(C)C(CO)c1cc(Br)c(Cl)cc1Cl. The topological polar surface area (TPSA) is 20.2 Å². The van der Waals surface area contributed by atoms with Crippen LogP contribution in [0.15, 0.2) is 16.6 Å². The minimum Gasteiger partial charge on any atom is -0.396 e. The van der Waals surface area contributed by atoms with Gasteiger partial charge in [-0.2, -0.15) is 0 Å². The molecule has 1 unspecified atom stereocenters. The maximum Gasteiger partial charge on any atom is 0.0563 e. The molecule has 1 nitrogen and oxygen atoms in total. The molecule has 1 aromatic carbocycles. The van der Waals surface area contributed by atoms with E-state index >= 15 is 0 Å². The smallest absolute Gasteiger partial charge is 0.0563 e. The molecule has 1 rings (SSSR count). The lowest BCUT2D eigenvalue weighted by molar-refractivity contribution is 0.290. The highest BCUT2D eigenvalue weighted by Crippen LogP contribution is 2.36. The van der Waals surface area contributed by atoms with E-state index in [2.05, 4.69) is 35.6 Å². The van der Waals surface area contributed by atoms with Gasteiger partial charge < -0.3 is 5.11 Å². The molecule has 0 spiro atoms. The average molecular weight is 342 g/mol. The Morgan fingerprint density at radius 2 is 1.81 bits per heavy atom. The molecule has 0 amide bonds. The quantitative estimate of drug-likeness (QED) is 0.623. The van der Waals surface area contributed by atoms with Gasteiger partial charge in [-0.05, 0) is 33.6 Å². The Kier molecular flexibility index (Phi) is 4.90. The highest BCUT2D eigenvalue weighted by Gasteiger charge is 2.29. The molecule has 0 aliphatic rings. The van der Waals surface area contributed by atoms with Crippen molar-refractivity contribution in [2.75, 3.05) is 6.61 Å². The lowest BCUT2D eigenvalue weighted by atomic mass is 10.1. The molecule has 90 valence electrons. The van der Waals surface area contributed by atoms with Gasteiger partial charge in [0.1, 0.15) is 0 Å². The monoisotopic (exact) mass is 340 g/mol. The van der Waals surface area contributed by atoms with E-state index in [4.69, 9.17) is 23.2 Å². The van der Waals surface area contributed by atoms with Crippen LogP contribution >= 0.6 is 39.1 Å². The fraction of sp³-hybridized carbons (Fsp3) is 0.455. The van der Waals surface area contributed by atoms with Crippen molar-refractivity contribution in [1.29, 1.82) is 0 Å². The second kappa shape index (κ2) is 5.40. The van der Waals surface area contributed by atoms with Gasteiger partial charge in [0.15, 0.2) is 0 Å². The lowest BCUT2D eigenvalue weighted by Gasteiger charge is -2.28. The molecule has 0 saturated heterocycles. The summed E-state index contributed by atoms with van der Waals surface area (Å²) in [6.07, 6.45) is 0. The van der Waals surface area contributed by atoms with Gasteiger partial charge in [0.2, 0.25) is 0 Å². The molecule has 0 fully saturated rings. The number of aliphatic hydroxyl groups excluding tert-OH is 1. The molecule has 0 aromatic heterocycles. The van der Waals surface area contributed by atoms with Gasteiger partial charge in [-0.3, -0.25) is 0 Å². The fourth-order valence-corrected chi connectivity index (χ4v) is 4.33. The third kappa shape index (κ3) is 3.23. The van der Waals surface area contributed by atoms with Crippen LogP contribution < -0.4 is 0 Å². The Hall–Kier alpha value is 0.457. The van der Waals surface area contributed by atoms with E-state index in [1.54, 1.807) is 6.07 Å². The Bertz CT molecular complexity index is 390. The van der Waals surface area contributed by atoms with Gasteiger partial charge >= 0.3 is 0 Å². The van der Waals surface area contributed by atoms with Crippen LogP contribution in [0.2, 0.25) is 29.7 Å². The van der Waals surface area contributed by atoms with E-state index in [9.17, 15) is 5.11 Å². The molecule has 1 atom stereocenters. The van der Waals surface area contributed by atoms with E-state index in [0.29, 0.717) is 10.0 Å². The van der Waals surface area contributed by atoms with Crippen molar-refractivity contribution in [2.24, 2.45) is 0 Å². The second-order valence-electron chi connectivity index (χ2n) is 4.89. The van der Waals surface area contributed by atoms with Crippen LogP contribution in [0.4, 0.5) is 0 Å². The molecule has 0 bridgehead atoms. The summed E-state index contributed by atoms with van der Waals surface area (Å²) in [4.78, 5) is 0. The van der Waals surface area contributed by atoms with Crippen molar-refractivity contribution in [1.82, 2.24) is 0 Å². The summed E-state index contributed by atoms with van der Waals surface area (Å²) in [6, 6.07) is 3.65. The molecule has 16 heavy (non-hydrogen) atoms. The molecule has 5 heteroatoms. The zero-order chi connectivity index (χ0) is 12.5. The predicted molar refractivity (Wildman–Crippen MR) is 77.3 cm³/mol. The van der Waals surface area contributed by atoms with Gasteiger partial charge in [-0.1, -0.05) is 42.8 Å². The first-order valence-corrected chi connectivity index (χ1v) is 10.1. The van der Waals surface area contributed by atoms with E-state index in [1.807, 2.05) is 6.07 Å². The fourth-order valence-electron chi connectivity index (χ4n) is 1.64. The summed E-state index contributed by atoms with van der Waals surface area (Å²) >= 11 is 15.5. The molecule has 1 aromatic rings. The number of benzene rings is 1. The molecule has 0 saturated carbocycles. The van der Waals surface area contributed by atoms with E-state index in [0.717, 1.165) is 10.0 Å². The van der Waals surface area contributed by atoms with E-state index < -0.39 is 8.07 Å². The number of aliphatic hydroxyl groups is 1. The average Bonchev–Trinajstić information content (AvgIpc) is 2.12. The Morgan fingerprint density at radius 1 is 1.25 bits per heavy atom. The molecule has 0 radical (unpaired) electrons. The van der Waals surface area contributed by atoms with Crippen molar-refractivity contribution in [3.05, 3.63) is 32.2 Å². The van der Waals surface area contributed by atoms with Gasteiger partial charge in [0, 0.05) is 21.6 Å². The summed E-state index contributed by atoms with van der Waals surface area (Å²) in [6.45, 7) is 6.77. The van der Waals surface area contributed by atoms with Crippen LogP contribution in [-0.4, -0.2) is 19.8 Å². The number of halogens is 3. The zero-order valence-corrected chi connectivity index (χ0v) is 13.6. The molecule has 0 heterocycles. The van der Waals surface area contributed by atoms with Crippen LogP contribution in [0.1, 0.15) is 11.1 Å². The minimum absolute atomic E-state index is 0.128. The molecule has 1 N–H and O–H groups in total. The van der Waals surface area contributed by atoms with E-state index in [-0.39, 0.29) is 12.1 Å². The van der Waals surface area contributed by atoms with Crippen LogP contribution in [0, 0.1) is 0 Å². The first-order chi connectivity index (χ1) is 7.27.